The number of carbonyl (C=O) groups excluding carboxylic acids is 3. The molecule has 4 aromatic rings. The first-order valence-corrected chi connectivity index (χ1v) is 11.5. The Morgan fingerprint density at radius 3 is 2.43 bits per heavy atom. The van der Waals surface area contributed by atoms with E-state index < -0.39 is 18.5 Å². The number of thiophene rings is 1. The number of carbonyl (C=O) groups is 3. The maximum absolute atomic E-state index is 13.0. The zero-order chi connectivity index (χ0) is 25.1. The second-order valence-corrected chi connectivity index (χ2v) is 8.88. The lowest BCUT2D eigenvalue weighted by Crippen LogP contribution is -2.16. The number of hydrogen-bond donors (Lipinski definition) is 2. The summed E-state index contributed by atoms with van der Waals surface area (Å²) in [5.41, 5.74) is 9.23. The number of fused-ring (bicyclic) bond motifs is 1. The van der Waals surface area contributed by atoms with E-state index in [0.717, 1.165) is 11.3 Å². The van der Waals surface area contributed by atoms with Gasteiger partial charge in [-0.05, 0) is 44.2 Å². The molecule has 0 radical (unpaired) electrons. The number of Topliss-reactive ketones (excluding diaryl/α,β-unsaturated/α-hetero) is 1. The number of nitrogen functional groups attached to an aromatic ring is 1. The topological polar surface area (TPSA) is 121 Å². The van der Waals surface area contributed by atoms with Crippen molar-refractivity contribution in [3.8, 4) is 5.75 Å². The fraction of sp³-hybridized carbons (Fsp3) is 0.154. The Morgan fingerprint density at radius 1 is 1.00 bits per heavy atom. The minimum Gasteiger partial charge on any atom is -0.495 e. The quantitative estimate of drug-likeness (QED) is 0.283. The van der Waals surface area contributed by atoms with Crippen molar-refractivity contribution in [3.63, 3.8) is 0 Å². The molecule has 0 saturated carbocycles. The van der Waals surface area contributed by atoms with Crippen LogP contribution < -0.4 is 15.8 Å². The molecule has 3 N–H and O–H groups in total. The Morgan fingerprint density at radius 2 is 1.71 bits per heavy atom. The van der Waals surface area contributed by atoms with Crippen molar-refractivity contribution in [1.82, 2.24) is 4.98 Å². The molecule has 0 aliphatic heterocycles. The molecule has 2 heterocycles. The number of hydrogen-bond acceptors (Lipinski definition) is 8. The highest BCUT2D eigenvalue weighted by Crippen LogP contribution is 2.34. The van der Waals surface area contributed by atoms with Crippen LogP contribution in [0.5, 0.6) is 5.75 Å². The molecule has 9 heteroatoms. The first-order chi connectivity index (χ1) is 16.8. The van der Waals surface area contributed by atoms with E-state index in [2.05, 4.69) is 10.3 Å². The van der Waals surface area contributed by atoms with Gasteiger partial charge in [-0.3, -0.25) is 9.59 Å². The molecule has 0 aliphatic rings. The predicted molar refractivity (Wildman–Crippen MR) is 136 cm³/mol. The maximum Gasteiger partial charge on any atom is 0.338 e. The summed E-state index contributed by atoms with van der Waals surface area (Å²) in [6, 6.07) is 15.1. The Labute approximate surface area is 205 Å². The Balaban J connectivity index is 1.51. The van der Waals surface area contributed by atoms with E-state index in [1.54, 1.807) is 12.1 Å². The largest absolute Gasteiger partial charge is 0.495 e. The van der Waals surface area contributed by atoms with Crippen LogP contribution in [-0.2, 0) is 4.74 Å². The van der Waals surface area contributed by atoms with Gasteiger partial charge in [-0.2, -0.15) is 0 Å². The minimum atomic E-state index is -0.704. The average Bonchev–Trinajstić information content (AvgIpc) is 3.18. The summed E-state index contributed by atoms with van der Waals surface area (Å²) >= 11 is 1.18. The van der Waals surface area contributed by atoms with E-state index in [1.807, 2.05) is 38.1 Å². The van der Waals surface area contributed by atoms with Gasteiger partial charge in [0.25, 0.3) is 5.91 Å². The lowest BCUT2D eigenvalue weighted by Gasteiger charge is -2.12. The molecule has 0 aliphatic carbocycles. The normalized spacial score (nSPS) is 10.7. The number of pyridine rings is 1. The Kier molecular flexibility index (Phi) is 6.79. The monoisotopic (exact) mass is 489 g/mol. The smallest absolute Gasteiger partial charge is 0.338 e. The third-order valence-corrected chi connectivity index (χ3v) is 6.44. The van der Waals surface area contributed by atoms with E-state index in [1.165, 1.54) is 36.6 Å². The van der Waals surface area contributed by atoms with Crippen molar-refractivity contribution in [2.24, 2.45) is 0 Å². The summed E-state index contributed by atoms with van der Waals surface area (Å²) in [7, 11) is 1.45. The maximum atomic E-state index is 13.0. The molecule has 0 fully saturated rings. The first-order valence-electron chi connectivity index (χ1n) is 10.7. The molecular weight excluding hydrogens is 466 g/mol. The number of nitrogens with zero attached hydrogens (tertiary/aromatic N) is 1. The fourth-order valence-corrected chi connectivity index (χ4v) is 4.44. The molecule has 0 saturated heterocycles. The van der Waals surface area contributed by atoms with Gasteiger partial charge in [0.15, 0.2) is 12.4 Å². The van der Waals surface area contributed by atoms with Gasteiger partial charge in [-0.1, -0.05) is 29.8 Å². The Bertz CT molecular complexity index is 1440. The summed E-state index contributed by atoms with van der Waals surface area (Å²) < 4.78 is 10.5. The lowest BCUT2D eigenvalue weighted by atomic mass is 10.1. The number of aryl methyl sites for hydroxylation is 2. The van der Waals surface area contributed by atoms with Gasteiger partial charge >= 0.3 is 5.97 Å². The molecule has 35 heavy (non-hydrogen) atoms. The summed E-state index contributed by atoms with van der Waals surface area (Å²) in [5.74, 6) is -1.13. The second kappa shape index (κ2) is 9.94. The van der Waals surface area contributed by atoms with Crippen LogP contribution in [0.2, 0.25) is 0 Å². The molecule has 2 aromatic carbocycles. The fourth-order valence-electron chi connectivity index (χ4n) is 3.41. The van der Waals surface area contributed by atoms with Crippen molar-refractivity contribution in [2.75, 3.05) is 24.8 Å². The highest BCUT2D eigenvalue weighted by Gasteiger charge is 2.20. The van der Waals surface area contributed by atoms with Gasteiger partial charge < -0.3 is 20.5 Å². The summed E-state index contributed by atoms with van der Waals surface area (Å²) in [5, 5.41) is 3.45. The molecule has 0 unspecified atom stereocenters. The van der Waals surface area contributed by atoms with Gasteiger partial charge in [-0.25, -0.2) is 9.78 Å². The molecule has 4 rings (SSSR count). The van der Waals surface area contributed by atoms with Crippen LogP contribution in [0.15, 0.2) is 54.6 Å². The van der Waals surface area contributed by atoms with E-state index in [4.69, 9.17) is 15.2 Å². The number of anilines is 2. The minimum absolute atomic E-state index is 0.152. The van der Waals surface area contributed by atoms with Crippen LogP contribution in [0.1, 0.15) is 41.6 Å². The molecule has 178 valence electrons. The summed E-state index contributed by atoms with van der Waals surface area (Å²) in [6.45, 7) is 3.38. The van der Waals surface area contributed by atoms with Crippen molar-refractivity contribution in [2.45, 2.75) is 13.8 Å². The summed E-state index contributed by atoms with van der Waals surface area (Å²) in [6.07, 6.45) is 0. The van der Waals surface area contributed by atoms with E-state index in [0.29, 0.717) is 32.1 Å². The number of esters is 1. The highest BCUT2D eigenvalue weighted by molar-refractivity contribution is 7.21. The number of nitrogens with one attached hydrogen (secondary N) is 1. The number of amides is 1. The second-order valence-electron chi connectivity index (χ2n) is 7.88. The van der Waals surface area contributed by atoms with Gasteiger partial charge in [0.05, 0.1) is 24.0 Å². The number of aromatic nitrogens is 1. The van der Waals surface area contributed by atoms with Gasteiger partial charge in [0.2, 0.25) is 0 Å². The summed E-state index contributed by atoms with van der Waals surface area (Å²) in [4.78, 5) is 43.3. The van der Waals surface area contributed by atoms with Crippen LogP contribution in [0, 0.1) is 13.8 Å². The van der Waals surface area contributed by atoms with E-state index >= 15 is 0 Å². The Hall–Kier alpha value is -4.24. The molecule has 1 amide bonds. The average molecular weight is 490 g/mol. The standard InChI is InChI=1S/C26H23N3O5S/c1-14-4-7-16(8-5-14)20(30)13-34-26(32)17-9-11-21(33-3)19(12-17)29-24(31)23-22(27)18-10-6-15(2)28-25(18)35-23/h4-12H,13,27H2,1-3H3,(H,29,31). The highest BCUT2D eigenvalue weighted by atomic mass is 32.1. The first kappa shape index (κ1) is 23.9. The van der Waals surface area contributed by atoms with Crippen molar-refractivity contribution < 1.29 is 23.9 Å². The predicted octanol–water partition coefficient (Wildman–Crippen LogP) is 4.80. The van der Waals surface area contributed by atoms with Crippen molar-refractivity contribution in [3.05, 3.63) is 81.9 Å². The third kappa shape index (κ3) is 5.15. The van der Waals surface area contributed by atoms with Gasteiger partial charge in [0.1, 0.15) is 15.5 Å². The van der Waals surface area contributed by atoms with E-state index in [9.17, 15) is 14.4 Å². The van der Waals surface area contributed by atoms with Gasteiger partial charge in [-0.15, -0.1) is 11.3 Å². The van der Waals surface area contributed by atoms with Crippen LogP contribution in [0.4, 0.5) is 11.4 Å². The van der Waals surface area contributed by atoms with Crippen LogP contribution >= 0.6 is 11.3 Å². The SMILES string of the molecule is COc1ccc(C(=O)OCC(=O)c2ccc(C)cc2)cc1NC(=O)c1sc2nc(C)ccc2c1N. The molecule has 2 aromatic heterocycles. The molecular formula is C26H23N3O5S. The number of benzene rings is 2. The van der Waals surface area contributed by atoms with Crippen LogP contribution in [0.25, 0.3) is 10.2 Å². The van der Waals surface area contributed by atoms with Gasteiger partial charge in [0, 0.05) is 16.6 Å². The zero-order valence-corrected chi connectivity index (χ0v) is 20.2. The lowest BCUT2D eigenvalue weighted by molar-refractivity contribution is 0.0474. The number of nitrogens with two attached hydrogens (primary N) is 1. The zero-order valence-electron chi connectivity index (χ0n) is 19.4. The molecule has 8 nitrogen and oxygen atoms in total. The number of rotatable bonds is 7. The molecule has 0 spiro atoms. The third-order valence-electron chi connectivity index (χ3n) is 5.33. The van der Waals surface area contributed by atoms with Crippen LogP contribution in [0.3, 0.4) is 0 Å². The van der Waals surface area contributed by atoms with Crippen LogP contribution in [-0.4, -0.2) is 36.4 Å². The van der Waals surface area contributed by atoms with Crippen molar-refractivity contribution in [1.29, 1.82) is 0 Å². The number of ketones is 1. The van der Waals surface area contributed by atoms with Crippen molar-refractivity contribution >= 4 is 50.6 Å². The molecule has 0 bridgehead atoms. The number of methoxy groups -OCH3 is 1. The molecule has 0 atom stereocenters. The number of ether oxygens (including phenoxy) is 2. The van der Waals surface area contributed by atoms with E-state index in [-0.39, 0.29) is 17.0 Å².